The van der Waals surface area contributed by atoms with Gasteiger partial charge in [-0.2, -0.15) is 0 Å². The fourth-order valence-electron chi connectivity index (χ4n) is 2.71. The van der Waals surface area contributed by atoms with Gasteiger partial charge in [0.05, 0.1) is 5.92 Å². The lowest BCUT2D eigenvalue weighted by Gasteiger charge is -2.31. The largest absolute Gasteiger partial charge is 0.384 e. The molecule has 1 heteroatoms. The third-order valence-corrected chi connectivity index (χ3v) is 4.18. The Morgan fingerprint density at radius 3 is 2.36 bits per heavy atom. The van der Waals surface area contributed by atoms with Crippen LogP contribution in [0.3, 0.4) is 0 Å². The van der Waals surface area contributed by atoms with E-state index in [4.69, 9.17) is 0 Å². The number of benzene rings is 1. The number of rotatable bonds is 8. The predicted octanol–water partition coefficient (Wildman–Crippen LogP) is 5.53. The molecule has 0 aliphatic rings. The maximum absolute atomic E-state index is 11.0. The normalized spacial score (nSPS) is 15.0. The van der Waals surface area contributed by atoms with E-state index < -0.39 is 5.60 Å². The molecule has 1 N–H and O–H groups in total. The smallest absolute Gasteiger partial charge is 0.100 e. The van der Waals surface area contributed by atoms with Gasteiger partial charge >= 0.3 is 0 Å². The molecule has 22 heavy (non-hydrogen) atoms. The second kappa shape index (κ2) is 9.70. The summed E-state index contributed by atoms with van der Waals surface area (Å²) >= 11 is 0. The van der Waals surface area contributed by atoms with Crippen molar-refractivity contribution in [2.75, 3.05) is 0 Å². The maximum Gasteiger partial charge on any atom is 0.100 e. The Kier molecular flexibility index (Phi) is 8.28. The molecule has 0 amide bonds. The number of hydrogen-bond donors (Lipinski definition) is 1. The highest BCUT2D eigenvalue weighted by Crippen LogP contribution is 2.33. The average Bonchev–Trinajstić information content (AvgIpc) is 2.50. The second-order valence-corrected chi connectivity index (χ2v) is 6.83. The lowest BCUT2D eigenvalue weighted by Crippen LogP contribution is -2.32. The molecular formula is C21H32O. The van der Waals surface area contributed by atoms with Crippen LogP contribution in [0.25, 0.3) is 0 Å². The molecular weight excluding hydrogens is 268 g/mol. The predicted molar refractivity (Wildman–Crippen MR) is 95.5 cm³/mol. The van der Waals surface area contributed by atoms with Gasteiger partial charge in [-0.1, -0.05) is 76.3 Å². The van der Waals surface area contributed by atoms with Crippen molar-refractivity contribution in [2.45, 2.75) is 71.8 Å². The monoisotopic (exact) mass is 300 g/mol. The highest BCUT2D eigenvalue weighted by atomic mass is 16.3. The second-order valence-electron chi connectivity index (χ2n) is 6.83. The van der Waals surface area contributed by atoms with Gasteiger partial charge < -0.3 is 5.11 Å². The SMILES string of the molecule is CCCCCCC#CC(CC(C)C)C(C)(O)c1ccccc1. The van der Waals surface area contributed by atoms with Crippen molar-refractivity contribution >= 4 is 0 Å². The first-order valence-corrected chi connectivity index (χ1v) is 8.74. The summed E-state index contributed by atoms with van der Waals surface area (Å²) in [6.07, 6.45) is 6.84. The molecule has 0 aliphatic heterocycles. The van der Waals surface area contributed by atoms with E-state index in [9.17, 15) is 5.11 Å². The minimum absolute atomic E-state index is 0.0129. The quantitative estimate of drug-likeness (QED) is 0.494. The van der Waals surface area contributed by atoms with E-state index >= 15 is 0 Å². The zero-order chi connectivity index (χ0) is 16.4. The average molecular weight is 300 g/mol. The van der Waals surface area contributed by atoms with Gasteiger partial charge in [-0.25, -0.2) is 0 Å². The summed E-state index contributed by atoms with van der Waals surface area (Å²) in [5.41, 5.74) is 0.0722. The van der Waals surface area contributed by atoms with Gasteiger partial charge in [0.1, 0.15) is 5.60 Å². The van der Waals surface area contributed by atoms with Crippen molar-refractivity contribution < 1.29 is 5.11 Å². The van der Waals surface area contributed by atoms with Gasteiger partial charge in [-0.05, 0) is 31.2 Å². The van der Waals surface area contributed by atoms with E-state index in [1.165, 1.54) is 25.7 Å². The number of aliphatic hydroxyl groups is 1. The van der Waals surface area contributed by atoms with Crippen molar-refractivity contribution in [2.24, 2.45) is 11.8 Å². The standard InChI is InChI=1S/C21H32O/c1-5-6-7-8-9-11-16-20(17-18(2)3)21(4,22)19-14-12-10-13-15-19/h10,12-15,18,20,22H,5-9,17H2,1-4H3. The first-order valence-electron chi connectivity index (χ1n) is 8.74. The minimum atomic E-state index is -0.887. The van der Waals surface area contributed by atoms with Gasteiger partial charge in [0.15, 0.2) is 0 Å². The minimum Gasteiger partial charge on any atom is -0.384 e. The van der Waals surface area contributed by atoms with Crippen molar-refractivity contribution in [3.8, 4) is 11.8 Å². The van der Waals surface area contributed by atoms with Crippen LogP contribution < -0.4 is 0 Å². The van der Waals surface area contributed by atoms with Gasteiger partial charge in [-0.15, -0.1) is 5.92 Å². The maximum atomic E-state index is 11.0. The molecule has 1 aromatic rings. The Labute approximate surface area is 137 Å². The Hall–Kier alpha value is -1.26. The van der Waals surface area contributed by atoms with Crippen molar-refractivity contribution in [3.63, 3.8) is 0 Å². The third-order valence-electron chi connectivity index (χ3n) is 4.18. The Morgan fingerprint density at radius 2 is 1.77 bits per heavy atom. The summed E-state index contributed by atoms with van der Waals surface area (Å²) in [7, 11) is 0. The van der Waals surface area contributed by atoms with Crippen LogP contribution >= 0.6 is 0 Å². The fourth-order valence-corrected chi connectivity index (χ4v) is 2.71. The van der Waals surface area contributed by atoms with Crippen LogP contribution in [0.2, 0.25) is 0 Å². The highest BCUT2D eigenvalue weighted by molar-refractivity contribution is 5.26. The molecule has 1 aromatic carbocycles. The van der Waals surface area contributed by atoms with Crippen molar-refractivity contribution in [3.05, 3.63) is 35.9 Å². The number of hydrogen-bond acceptors (Lipinski definition) is 1. The van der Waals surface area contributed by atoms with Gasteiger partial charge in [0.2, 0.25) is 0 Å². The molecule has 2 atom stereocenters. The Morgan fingerprint density at radius 1 is 1.09 bits per heavy atom. The van der Waals surface area contributed by atoms with E-state index in [1.54, 1.807) is 0 Å². The van der Waals surface area contributed by atoms with Gasteiger partial charge in [0.25, 0.3) is 0 Å². The molecule has 0 aromatic heterocycles. The summed E-state index contributed by atoms with van der Waals surface area (Å²) in [5, 5.41) is 11.0. The first kappa shape index (κ1) is 18.8. The van der Waals surface area contributed by atoms with Crippen LogP contribution in [0.1, 0.15) is 71.8 Å². The summed E-state index contributed by atoms with van der Waals surface area (Å²) in [5.74, 6) is 7.19. The van der Waals surface area contributed by atoms with Crippen LogP contribution in [-0.2, 0) is 5.60 Å². The molecule has 0 fully saturated rings. The molecule has 1 rings (SSSR count). The van der Waals surface area contributed by atoms with E-state index in [1.807, 2.05) is 37.3 Å². The number of unbranched alkanes of at least 4 members (excludes halogenated alkanes) is 4. The summed E-state index contributed by atoms with van der Waals surface area (Å²) in [6, 6.07) is 9.94. The molecule has 0 bridgehead atoms. The molecule has 0 radical (unpaired) electrons. The van der Waals surface area contributed by atoms with Crippen molar-refractivity contribution in [1.82, 2.24) is 0 Å². The van der Waals surface area contributed by atoms with Crippen LogP contribution in [-0.4, -0.2) is 5.11 Å². The molecule has 0 heterocycles. The Balaban J connectivity index is 2.77. The summed E-state index contributed by atoms with van der Waals surface area (Å²) in [4.78, 5) is 0. The van der Waals surface area contributed by atoms with E-state index in [0.29, 0.717) is 5.92 Å². The zero-order valence-corrected chi connectivity index (χ0v) is 14.7. The Bertz CT molecular complexity index is 462. The third kappa shape index (κ3) is 6.24. The molecule has 122 valence electrons. The molecule has 0 spiro atoms. The van der Waals surface area contributed by atoms with Crippen LogP contribution in [0.15, 0.2) is 30.3 Å². The van der Waals surface area contributed by atoms with E-state index in [-0.39, 0.29) is 5.92 Å². The van der Waals surface area contributed by atoms with Gasteiger partial charge in [0, 0.05) is 6.42 Å². The van der Waals surface area contributed by atoms with Gasteiger partial charge in [-0.3, -0.25) is 0 Å². The zero-order valence-electron chi connectivity index (χ0n) is 14.7. The topological polar surface area (TPSA) is 20.2 Å². The first-order chi connectivity index (χ1) is 10.5. The fraction of sp³-hybridized carbons (Fsp3) is 0.619. The van der Waals surface area contributed by atoms with E-state index in [2.05, 4.69) is 32.6 Å². The summed E-state index contributed by atoms with van der Waals surface area (Å²) < 4.78 is 0. The molecule has 2 unspecified atom stereocenters. The van der Waals surface area contributed by atoms with E-state index in [0.717, 1.165) is 18.4 Å². The molecule has 1 nitrogen and oxygen atoms in total. The van der Waals surface area contributed by atoms with Crippen molar-refractivity contribution in [1.29, 1.82) is 0 Å². The lowest BCUT2D eigenvalue weighted by atomic mass is 9.78. The molecule has 0 saturated carbocycles. The highest BCUT2D eigenvalue weighted by Gasteiger charge is 2.32. The molecule has 0 saturated heterocycles. The van der Waals surface area contributed by atoms with Crippen LogP contribution in [0, 0.1) is 23.7 Å². The van der Waals surface area contributed by atoms with Crippen LogP contribution in [0.4, 0.5) is 0 Å². The molecule has 0 aliphatic carbocycles. The summed E-state index contributed by atoms with van der Waals surface area (Å²) in [6.45, 7) is 8.51. The van der Waals surface area contributed by atoms with Crippen LogP contribution in [0.5, 0.6) is 0 Å². The lowest BCUT2D eigenvalue weighted by molar-refractivity contribution is 0.00967.